The molecule has 0 fully saturated rings. The normalized spacial score (nSPS) is 10.3. The summed E-state index contributed by atoms with van der Waals surface area (Å²) in [5.41, 5.74) is 2.32. The van der Waals surface area contributed by atoms with Crippen molar-refractivity contribution in [1.82, 2.24) is 5.32 Å². The minimum atomic E-state index is -0.982. The summed E-state index contributed by atoms with van der Waals surface area (Å²) in [6.07, 6.45) is 0.364. The first kappa shape index (κ1) is 15.2. The number of rotatable bonds is 6. The molecular formula is C14H20N2O3. The van der Waals surface area contributed by atoms with Gasteiger partial charge in [0.15, 0.2) is 0 Å². The minimum absolute atomic E-state index is 0.124. The van der Waals surface area contributed by atoms with Gasteiger partial charge >= 0.3 is 5.97 Å². The van der Waals surface area contributed by atoms with Crippen molar-refractivity contribution in [1.29, 1.82) is 0 Å². The van der Waals surface area contributed by atoms with Crippen LogP contribution in [0.5, 0.6) is 0 Å². The fourth-order valence-electron chi connectivity index (χ4n) is 1.76. The van der Waals surface area contributed by atoms with E-state index in [1.165, 1.54) is 6.07 Å². The second-order valence-electron chi connectivity index (χ2n) is 4.42. The predicted molar refractivity (Wildman–Crippen MR) is 74.7 cm³/mol. The van der Waals surface area contributed by atoms with Crippen LogP contribution in [0.3, 0.4) is 0 Å². The summed E-state index contributed by atoms with van der Waals surface area (Å²) in [6.45, 7) is 6.99. The number of carboxylic acids is 1. The van der Waals surface area contributed by atoms with E-state index in [1.807, 2.05) is 13.8 Å². The molecule has 0 aliphatic carbocycles. The molecule has 0 spiro atoms. The van der Waals surface area contributed by atoms with E-state index in [1.54, 1.807) is 13.0 Å². The number of hydrogen-bond acceptors (Lipinski definition) is 3. The lowest BCUT2D eigenvalue weighted by Crippen LogP contribution is -2.21. The number of aryl methyl sites for hydroxylation is 1. The third-order valence-corrected chi connectivity index (χ3v) is 2.96. The zero-order chi connectivity index (χ0) is 14.4. The number of carboxylic acid groups (broad SMARTS) is 1. The highest BCUT2D eigenvalue weighted by Crippen LogP contribution is 2.20. The van der Waals surface area contributed by atoms with E-state index in [2.05, 4.69) is 10.6 Å². The second kappa shape index (κ2) is 6.89. The molecule has 104 valence electrons. The van der Waals surface area contributed by atoms with Gasteiger partial charge < -0.3 is 15.7 Å². The number of carbonyl (C=O) groups excluding carboxylic acids is 1. The van der Waals surface area contributed by atoms with E-state index in [-0.39, 0.29) is 11.5 Å². The Kier molecular flexibility index (Phi) is 5.51. The largest absolute Gasteiger partial charge is 0.478 e. The third-order valence-electron chi connectivity index (χ3n) is 2.96. The van der Waals surface area contributed by atoms with E-state index in [0.29, 0.717) is 18.7 Å². The molecule has 3 N–H and O–H groups in total. The van der Waals surface area contributed by atoms with E-state index in [4.69, 9.17) is 5.11 Å². The molecule has 0 atom stereocenters. The van der Waals surface area contributed by atoms with E-state index < -0.39 is 5.97 Å². The van der Waals surface area contributed by atoms with E-state index >= 15 is 0 Å². The van der Waals surface area contributed by atoms with Gasteiger partial charge in [0.2, 0.25) is 5.91 Å². The Hall–Kier alpha value is -1.88. The standard InChI is InChI=1S/C14H20N2O3/c1-4-15-6-5-13(17)16-11-7-9(2)10(3)12(8-11)14(18)19/h7-8,15H,4-6H2,1-3H3,(H,16,17)(H,18,19). The molecule has 1 aromatic rings. The highest BCUT2D eigenvalue weighted by Gasteiger charge is 2.12. The fraction of sp³-hybridized carbons (Fsp3) is 0.429. The maximum atomic E-state index is 11.7. The molecule has 0 bridgehead atoms. The number of hydrogen-bond donors (Lipinski definition) is 3. The van der Waals surface area contributed by atoms with Crippen LogP contribution >= 0.6 is 0 Å². The van der Waals surface area contributed by atoms with Crippen molar-refractivity contribution in [3.05, 3.63) is 28.8 Å². The van der Waals surface area contributed by atoms with Crippen LogP contribution < -0.4 is 10.6 Å². The Morgan fingerprint density at radius 3 is 2.53 bits per heavy atom. The maximum absolute atomic E-state index is 11.7. The fourth-order valence-corrected chi connectivity index (χ4v) is 1.76. The lowest BCUT2D eigenvalue weighted by molar-refractivity contribution is -0.116. The van der Waals surface area contributed by atoms with Crippen molar-refractivity contribution in [2.75, 3.05) is 18.4 Å². The molecule has 0 unspecified atom stereocenters. The molecule has 0 aliphatic rings. The maximum Gasteiger partial charge on any atom is 0.336 e. The van der Waals surface area contributed by atoms with Crippen LogP contribution in [0, 0.1) is 13.8 Å². The Bertz CT molecular complexity index is 484. The second-order valence-corrected chi connectivity index (χ2v) is 4.42. The quantitative estimate of drug-likeness (QED) is 0.686. The molecule has 0 radical (unpaired) electrons. The van der Waals surface area contributed by atoms with Crippen LogP contribution in [-0.4, -0.2) is 30.1 Å². The van der Waals surface area contributed by atoms with E-state index in [9.17, 15) is 9.59 Å². The van der Waals surface area contributed by atoms with E-state index in [0.717, 1.165) is 17.7 Å². The van der Waals surface area contributed by atoms with Crippen molar-refractivity contribution < 1.29 is 14.7 Å². The van der Waals surface area contributed by atoms with Gasteiger partial charge in [0, 0.05) is 18.7 Å². The minimum Gasteiger partial charge on any atom is -0.478 e. The van der Waals surface area contributed by atoms with Crippen LogP contribution in [0.15, 0.2) is 12.1 Å². The molecule has 1 amide bonds. The number of amides is 1. The van der Waals surface area contributed by atoms with Gasteiger partial charge in [-0.05, 0) is 43.7 Å². The molecule has 0 aliphatic heterocycles. The Balaban J connectivity index is 2.79. The molecule has 0 heterocycles. The van der Waals surface area contributed by atoms with Gasteiger partial charge in [0.25, 0.3) is 0 Å². The van der Waals surface area contributed by atoms with Crippen molar-refractivity contribution in [2.45, 2.75) is 27.2 Å². The van der Waals surface area contributed by atoms with Gasteiger partial charge in [0.05, 0.1) is 5.56 Å². The average Bonchev–Trinajstić information content (AvgIpc) is 2.33. The summed E-state index contributed by atoms with van der Waals surface area (Å²) in [4.78, 5) is 22.8. The van der Waals surface area contributed by atoms with Crippen molar-refractivity contribution in [3.63, 3.8) is 0 Å². The highest BCUT2D eigenvalue weighted by molar-refractivity contribution is 5.95. The zero-order valence-electron chi connectivity index (χ0n) is 11.5. The van der Waals surface area contributed by atoms with Crippen LogP contribution in [0.25, 0.3) is 0 Å². The first-order valence-electron chi connectivity index (χ1n) is 6.30. The molecule has 1 aromatic carbocycles. The number of carbonyl (C=O) groups is 2. The predicted octanol–water partition coefficient (Wildman–Crippen LogP) is 1.94. The van der Waals surface area contributed by atoms with Crippen LogP contribution in [-0.2, 0) is 4.79 Å². The Labute approximate surface area is 113 Å². The molecule has 0 saturated carbocycles. The molecule has 1 rings (SSSR count). The highest BCUT2D eigenvalue weighted by atomic mass is 16.4. The van der Waals surface area contributed by atoms with Crippen molar-refractivity contribution in [2.24, 2.45) is 0 Å². The summed E-state index contributed by atoms with van der Waals surface area (Å²) in [7, 11) is 0. The molecular weight excluding hydrogens is 244 g/mol. The first-order chi connectivity index (χ1) is 8.95. The molecule has 0 saturated heterocycles. The zero-order valence-corrected chi connectivity index (χ0v) is 11.5. The van der Waals surface area contributed by atoms with Crippen LogP contribution in [0.2, 0.25) is 0 Å². The van der Waals surface area contributed by atoms with Gasteiger partial charge in [-0.25, -0.2) is 4.79 Å². The van der Waals surface area contributed by atoms with Crippen LogP contribution in [0.4, 0.5) is 5.69 Å². The van der Waals surface area contributed by atoms with Gasteiger partial charge in [-0.15, -0.1) is 0 Å². The molecule has 5 nitrogen and oxygen atoms in total. The summed E-state index contributed by atoms with van der Waals surface area (Å²) in [6, 6.07) is 3.28. The lowest BCUT2D eigenvalue weighted by Gasteiger charge is -2.10. The number of aromatic carboxylic acids is 1. The SMILES string of the molecule is CCNCCC(=O)Nc1cc(C)c(C)c(C(=O)O)c1. The Morgan fingerprint density at radius 2 is 1.95 bits per heavy atom. The average molecular weight is 264 g/mol. The lowest BCUT2D eigenvalue weighted by atomic mass is 10.0. The van der Waals surface area contributed by atoms with Crippen molar-refractivity contribution >= 4 is 17.6 Å². The van der Waals surface area contributed by atoms with Gasteiger partial charge in [0.1, 0.15) is 0 Å². The van der Waals surface area contributed by atoms with Gasteiger partial charge in [-0.2, -0.15) is 0 Å². The smallest absolute Gasteiger partial charge is 0.336 e. The third kappa shape index (κ3) is 4.37. The summed E-state index contributed by atoms with van der Waals surface area (Å²) < 4.78 is 0. The summed E-state index contributed by atoms with van der Waals surface area (Å²) in [5.74, 6) is -1.11. The number of benzene rings is 1. The molecule has 19 heavy (non-hydrogen) atoms. The number of nitrogens with one attached hydrogen (secondary N) is 2. The van der Waals surface area contributed by atoms with Gasteiger partial charge in [-0.3, -0.25) is 4.79 Å². The monoisotopic (exact) mass is 264 g/mol. The van der Waals surface area contributed by atoms with Crippen molar-refractivity contribution in [3.8, 4) is 0 Å². The topological polar surface area (TPSA) is 78.4 Å². The van der Waals surface area contributed by atoms with Gasteiger partial charge in [-0.1, -0.05) is 6.92 Å². The number of anilines is 1. The first-order valence-corrected chi connectivity index (χ1v) is 6.30. The van der Waals surface area contributed by atoms with Crippen LogP contribution in [0.1, 0.15) is 34.8 Å². The molecule has 0 aromatic heterocycles. The molecule has 5 heteroatoms. The Morgan fingerprint density at radius 1 is 1.26 bits per heavy atom. The summed E-state index contributed by atoms with van der Waals surface area (Å²) in [5, 5.41) is 14.9. The summed E-state index contributed by atoms with van der Waals surface area (Å²) >= 11 is 0.